The zero-order valence-electron chi connectivity index (χ0n) is 20.5. The van der Waals surface area contributed by atoms with Crippen molar-refractivity contribution >= 4 is 40.7 Å². The Morgan fingerprint density at radius 2 is 1.92 bits per heavy atom. The van der Waals surface area contributed by atoms with Crippen LogP contribution in [0.3, 0.4) is 0 Å². The minimum Gasteiger partial charge on any atom is -0.394 e. The van der Waals surface area contributed by atoms with Gasteiger partial charge in [-0.3, -0.25) is 9.59 Å². The van der Waals surface area contributed by atoms with Crippen LogP contribution in [-0.2, 0) is 15.0 Å². The summed E-state index contributed by atoms with van der Waals surface area (Å²) < 4.78 is 30.5. The highest BCUT2D eigenvalue weighted by Gasteiger charge is 2.66. The molecule has 0 radical (unpaired) electrons. The van der Waals surface area contributed by atoms with Crippen LogP contribution in [0, 0.1) is 17.0 Å². The molecule has 2 aromatic rings. The minimum absolute atomic E-state index is 0.0117. The van der Waals surface area contributed by atoms with E-state index in [2.05, 4.69) is 16.0 Å². The molecule has 2 aromatic carbocycles. The van der Waals surface area contributed by atoms with Crippen LogP contribution >= 0.6 is 23.2 Å². The monoisotopic (exact) mass is 555 g/mol. The number of rotatable bonds is 6. The molecule has 1 fully saturated rings. The van der Waals surface area contributed by atoms with Gasteiger partial charge in [0, 0.05) is 24.2 Å². The van der Waals surface area contributed by atoms with Gasteiger partial charge in [-0.25, -0.2) is 8.78 Å². The number of anilines is 1. The summed E-state index contributed by atoms with van der Waals surface area (Å²) in [6.45, 7) is 5.04. The van der Waals surface area contributed by atoms with Gasteiger partial charge in [0.25, 0.3) is 0 Å². The van der Waals surface area contributed by atoms with Crippen LogP contribution in [0.5, 0.6) is 0 Å². The highest BCUT2D eigenvalue weighted by atomic mass is 35.5. The second-order valence-electron chi connectivity index (χ2n) is 10.8. The molecule has 0 aromatic heterocycles. The maximum Gasteiger partial charge on any atom is 0.237 e. The quantitative estimate of drug-likeness (QED) is 0.374. The Balaban J connectivity index is 1.98. The number of hydrogen-bond acceptors (Lipinski definition) is 5. The molecule has 1 spiro atoms. The third-order valence-corrected chi connectivity index (χ3v) is 7.60. The Hall–Kier alpha value is -2.30. The van der Waals surface area contributed by atoms with E-state index in [-0.39, 0.29) is 38.8 Å². The van der Waals surface area contributed by atoms with Gasteiger partial charge in [-0.2, -0.15) is 0 Å². The third-order valence-electron chi connectivity index (χ3n) is 7.02. The van der Waals surface area contributed by atoms with Crippen molar-refractivity contribution in [3.63, 3.8) is 0 Å². The third kappa shape index (κ3) is 4.83. The molecule has 0 saturated carbocycles. The molecule has 1 saturated heterocycles. The molecule has 0 aliphatic carbocycles. The first-order valence-corrected chi connectivity index (χ1v) is 12.6. The Bertz CT molecular complexity index is 1240. The van der Waals surface area contributed by atoms with Gasteiger partial charge in [-0.15, -0.1) is 0 Å². The number of amides is 2. The normalized spacial score (nSPS) is 25.8. The Morgan fingerprint density at radius 3 is 2.57 bits per heavy atom. The van der Waals surface area contributed by atoms with E-state index in [4.69, 9.17) is 28.3 Å². The van der Waals surface area contributed by atoms with Gasteiger partial charge in [0.05, 0.1) is 28.8 Å². The second-order valence-corrected chi connectivity index (χ2v) is 11.6. The summed E-state index contributed by atoms with van der Waals surface area (Å²) in [5.41, 5.74) is -1.40. The molecule has 2 amide bonds. The van der Waals surface area contributed by atoms with Gasteiger partial charge in [-0.05, 0) is 41.2 Å². The van der Waals surface area contributed by atoms with E-state index in [1.807, 2.05) is 20.8 Å². The first-order valence-electron chi connectivity index (χ1n) is 11.9. The van der Waals surface area contributed by atoms with Crippen molar-refractivity contribution in [3.8, 4) is 0 Å². The number of halogens is 4. The average molecular weight is 556 g/mol. The summed E-state index contributed by atoms with van der Waals surface area (Å²) in [6, 6.07) is 4.91. The molecule has 11 heteroatoms. The Labute approximate surface area is 223 Å². The largest absolute Gasteiger partial charge is 0.394 e. The lowest BCUT2D eigenvalue weighted by Gasteiger charge is -2.37. The van der Waals surface area contributed by atoms with Crippen molar-refractivity contribution in [2.24, 2.45) is 5.41 Å². The first-order chi connectivity index (χ1) is 17.3. The number of aliphatic hydroxyl groups excluding tert-OH is 2. The fraction of sp³-hybridized carbons (Fsp3) is 0.462. The van der Waals surface area contributed by atoms with Crippen LogP contribution in [-0.4, -0.2) is 53.4 Å². The summed E-state index contributed by atoms with van der Waals surface area (Å²) >= 11 is 12.1. The van der Waals surface area contributed by atoms with Crippen LogP contribution < -0.4 is 16.0 Å². The minimum atomic E-state index is -1.60. The van der Waals surface area contributed by atoms with Crippen LogP contribution in [0.15, 0.2) is 30.3 Å². The lowest BCUT2D eigenvalue weighted by Crippen LogP contribution is -2.49. The second kappa shape index (κ2) is 10.1. The molecular formula is C26H29Cl2F2N3O4. The molecule has 4 rings (SSSR count). The molecule has 200 valence electrons. The lowest BCUT2D eigenvalue weighted by molar-refractivity contribution is -0.124. The van der Waals surface area contributed by atoms with E-state index in [0.29, 0.717) is 6.42 Å². The van der Waals surface area contributed by atoms with Crippen molar-refractivity contribution in [2.75, 3.05) is 18.5 Å². The highest BCUT2D eigenvalue weighted by molar-refractivity contribution is 6.31. The van der Waals surface area contributed by atoms with Gasteiger partial charge in [0.2, 0.25) is 11.8 Å². The van der Waals surface area contributed by atoms with Crippen molar-refractivity contribution < 1.29 is 28.6 Å². The van der Waals surface area contributed by atoms with Crippen LogP contribution in [0.4, 0.5) is 14.5 Å². The lowest BCUT2D eigenvalue weighted by atomic mass is 9.62. The van der Waals surface area contributed by atoms with Crippen molar-refractivity contribution in [1.29, 1.82) is 0 Å². The van der Waals surface area contributed by atoms with E-state index < -0.39 is 59.6 Å². The first kappa shape index (κ1) is 27.7. The Morgan fingerprint density at radius 1 is 1.22 bits per heavy atom. The summed E-state index contributed by atoms with van der Waals surface area (Å²) in [5.74, 6) is -3.85. The van der Waals surface area contributed by atoms with Crippen LogP contribution in [0.2, 0.25) is 10.0 Å². The summed E-state index contributed by atoms with van der Waals surface area (Å²) in [5, 5.41) is 27.1. The molecule has 2 aliphatic heterocycles. The van der Waals surface area contributed by atoms with E-state index in [0.717, 1.165) is 6.07 Å². The molecular weight excluding hydrogens is 527 g/mol. The van der Waals surface area contributed by atoms with E-state index in [1.165, 1.54) is 24.3 Å². The van der Waals surface area contributed by atoms with Gasteiger partial charge in [-0.1, -0.05) is 56.1 Å². The maximum atomic E-state index is 15.6. The maximum absolute atomic E-state index is 15.6. The number of nitrogens with one attached hydrogen (secondary N) is 3. The average Bonchev–Trinajstić information content (AvgIpc) is 3.28. The summed E-state index contributed by atoms with van der Waals surface area (Å²) in [7, 11) is 0. The zero-order chi connectivity index (χ0) is 27.3. The number of carbonyl (C=O) groups is 2. The Kier molecular flexibility index (Phi) is 7.58. The summed E-state index contributed by atoms with van der Waals surface area (Å²) in [6.07, 6.45) is -0.843. The number of carbonyl (C=O) groups excluding carboxylic acids is 2. The predicted octanol–water partition coefficient (Wildman–Crippen LogP) is 3.49. The van der Waals surface area contributed by atoms with Crippen molar-refractivity contribution in [3.05, 3.63) is 63.1 Å². The molecule has 5 atom stereocenters. The van der Waals surface area contributed by atoms with Crippen molar-refractivity contribution in [1.82, 2.24) is 10.6 Å². The molecule has 0 unspecified atom stereocenters. The van der Waals surface area contributed by atoms with Crippen LogP contribution in [0.1, 0.15) is 44.2 Å². The SMILES string of the molecule is CC(C)(C)C[C@H]1N[C@@H](C(=O)NC[C@@H](O)CO)[C@H](c2cccc(Cl)c2F)[C@@]12C(=O)Nc1cc(Cl)c(F)cc12. The molecule has 7 nitrogen and oxygen atoms in total. The standard InChI is InChI=1S/C26H29Cl2F2N3O4/c1-25(2,3)9-19-26(14-7-17(29)16(28)8-18(14)32-24(26)37)20(13-5-4-6-15(27)21(13)30)22(33-19)23(36)31-10-12(35)11-34/h4-8,12,19-20,22,33-35H,9-11H2,1-3H3,(H,31,36)(H,32,37)/t12-,19-,20+,22-,26+/m1/s1. The van der Waals surface area contributed by atoms with Gasteiger partial charge in [0.15, 0.2) is 0 Å². The molecule has 0 bridgehead atoms. The van der Waals surface area contributed by atoms with Gasteiger partial charge < -0.3 is 26.2 Å². The fourth-order valence-electron chi connectivity index (χ4n) is 5.56. The number of benzene rings is 2. The summed E-state index contributed by atoms with van der Waals surface area (Å²) in [4.78, 5) is 27.4. The number of fused-ring (bicyclic) bond motifs is 2. The van der Waals surface area contributed by atoms with Crippen LogP contribution in [0.25, 0.3) is 0 Å². The molecule has 37 heavy (non-hydrogen) atoms. The fourth-order valence-corrected chi connectivity index (χ4v) is 5.90. The smallest absolute Gasteiger partial charge is 0.237 e. The van der Waals surface area contributed by atoms with Gasteiger partial charge >= 0.3 is 0 Å². The number of hydrogen-bond donors (Lipinski definition) is 5. The van der Waals surface area contributed by atoms with Crippen molar-refractivity contribution in [2.45, 2.75) is 56.7 Å². The van der Waals surface area contributed by atoms with E-state index in [9.17, 15) is 19.1 Å². The zero-order valence-corrected chi connectivity index (χ0v) is 22.1. The number of aliphatic hydroxyl groups is 2. The molecule has 5 N–H and O–H groups in total. The van der Waals surface area contributed by atoms with Gasteiger partial charge in [0.1, 0.15) is 17.0 Å². The van der Waals surface area contributed by atoms with E-state index >= 15 is 4.39 Å². The predicted molar refractivity (Wildman–Crippen MR) is 137 cm³/mol. The molecule has 2 heterocycles. The van der Waals surface area contributed by atoms with E-state index in [1.54, 1.807) is 0 Å². The molecule has 2 aliphatic rings. The highest BCUT2D eigenvalue weighted by Crippen LogP contribution is 2.57. The topological polar surface area (TPSA) is 111 Å².